The van der Waals surface area contributed by atoms with Crippen LogP contribution in [-0.4, -0.2) is 16.9 Å². The zero-order chi connectivity index (χ0) is 10.6. The molecule has 0 fully saturated rings. The molecule has 0 aromatic carbocycles. The zero-order valence-electron chi connectivity index (χ0n) is 8.41. The lowest BCUT2D eigenvalue weighted by atomic mass is 10.2. The van der Waals surface area contributed by atoms with E-state index in [0.29, 0.717) is 13.0 Å². The van der Waals surface area contributed by atoms with Crippen LogP contribution >= 0.6 is 11.3 Å². The van der Waals surface area contributed by atoms with Crippen LogP contribution in [-0.2, 0) is 11.3 Å². The Hall–Kier alpha value is -0.940. The normalized spacial score (nSPS) is 12.7. The standard InChI is InChI=1S/C9H15N3OS/c1-3-8(9(10)13)12-5-7-4-11-6(2)14-7/h4,8,12H,3,5H2,1-2H3,(H2,10,13). The predicted octanol–water partition coefficient (Wildman–Crippen LogP) is 0.805. The fourth-order valence-electron chi connectivity index (χ4n) is 1.16. The van der Waals surface area contributed by atoms with Crippen LogP contribution in [0.4, 0.5) is 0 Å². The van der Waals surface area contributed by atoms with Crippen molar-refractivity contribution in [1.29, 1.82) is 0 Å². The lowest BCUT2D eigenvalue weighted by Crippen LogP contribution is -2.40. The highest BCUT2D eigenvalue weighted by molar-refractivity contribution is 7.11. The lowest BCUT2D eigenvalue weighted by molar-refractivity contribution is -0.120. The summed E-state index contributed by atoms with van der Waals surface area (Å²) in [6.45, 7) is 4.55. The number of nitrogens with one attached hydrogen (secondary N) is 1. The second-order valence-electron chi connectivity index (χ2n) is 3.09. The van der Waals surface area contributed by atoms with Crippen molar-refractivity contribution < 1.29 is 4.79 Å². The van der Waals surface area contributed by atoms with Gasteiger partial charge in [0.05, 0.1) is 11.0 Å². The quantitative estimate of drug-likeness (QED) is 0.760. The molecule has 0 aliphatic heterocycles. The number of carbonyl (C=O) groups is 1. The van der Waals surface area contributed by atoms with E-state index in [-0.39, 0.29) is 11.9 Å². The van der Waals surface area contributed by atoms with Crippen LogP contribution in [0.2, 0.25) is 0 Å². The molecule has 0 aliphatic rings. The summed E-state index contributed by atoms with van der Waals surface area (Å²) in [6, 6.07) is -0.239. The molecule has 0 saturated heterocycles. The molecule has 5 heteroatoms. The Kier molecular flexibility index (Phi) is 4.03. The van der Waals surface area contributed by atoms with Crippen molar-refractivity contribution in [3.63, 3.8) is 0 Å². The summed E-state index contributed by atoms with van der Waals surface area (Å²) in [5.41, 5.74) is 5.20. The molecular formula is C9H15N3OS. The Morgan fingerprint density at radius 1 is 1.79 bits per heavy atom. The second-order valence-corrected chi connectivity index (χ2v) is 4.41. The average molecular weight is 213 g/mol. The number of aryl methyl sites for hydroxylation is 1. The maximum Gasteiger partial charge on any atom is 0.234 e. The first-order valence-electron chi connectivity index (χ1n) is 4.57. The minimum Gasteiger partial charge on any atom is -0.368 e. The van der Waals surface area contributed by atoms with Crippen LogP contribution in [0.5, 0.6) is 0 Å². The average Bonchev–Trinajstić information content (AvgIpc) is 2.52. The molecule has 4 nitrogen and oxygen atoms in total. The van der Waals surface area contributed by atoms with Crippen LogP contribution < -0.4 is 11.1 Å². The monoisotopic (exact) mass is 213 g/mol. The summed E-state index contributed by atoms with van der Waals surface area (Å²) < 4.78 is 0. The summed E-state index contributed by atoms with van der Waals surface area (Å²) in [4.78, 5) is 16.2. The third kappa shape index (κ3) is 3.08. The summed E-state index contributed by atoms with van der Waals surface area (Å²) in [6.07, 6.45) is 2.54. The molecule has 14 heavy (non-hydrogen) atoms. The number of amides is 1. The van der Waals surface area contributed by atoms with E-state index in [9.17, 15) is 4.79 Å². The fraction of sp³-hybridized carbons (Fsp3) is 0.556. The topological polar surface area (TPSA) is 68.0 Å². The van der Waals surface area contributed by atoms with E-state index in [1.807, 2.05) is 20.0 Å². The van der Waals surface area contributed by atoms with E-state index >= 15 is 0 Å². The zero-order valence-corrected chi connectivity index (χ0v) is 9.23. The summed E-state index contributed by atoms with van der Waals surface area (Å²) in [7, 11) is 0. The maximum absolute atomic E-state index is 10.9. The van der Waals surface area contributed by atoms with Crippen LogP contribution in [0.1, 0.15) is 23.2 Å². The van der Waals surface area contributed by atoms with Gasteiger partial charge in [0, 0.05) is 17.6 Å². The minimum absolute atomic E-state index is 0.239. The number of nitrogens with zero attached hydrogens (tertiary/aromatic N) is 1. The number of rotatable bonds is 5. The molecule has 1 atom stereocenters. The van der Waals surface area contributed by atoms with Crippen molar-refractivity contribution >= 4 is 17.2 Å². The largest absolute Gasteiger partial charge is 0.368 e. The number of hydrogen-bond donors (Lipinski definition) is 2. The number of thiazole rings is 1. The van der Waals surface area contributed by atoms with Crippen LogP contribution in [0, 0.1) is 6.92 Å². The molecule has 1 amide bonds. The van der Waals surface area contributed by atoms with Crippen molar-refractivity contribution in [2.45, 2.75) is 32.9 Å². The SMILES string of the molecule is CCC(NCc1cnc(C)s1)C(N)=O. The summed E-state index contributed by atoms with van der Waals surface area (Å²) in [5.74, 6) is -0.297. The Morgan fingerprint density at radius 2 is 2.50 bits per heavy atom. The van der Waals surface area contributed by atoms with Gasteiger partial charge in [-0.15, -0.1) is 11.3 Å². The first-order chi connectivity index (χ1) is 6.63. The molecule has 0 spiro atoms. The van der Waals surface area contributed by atoms with Crippen LogP contribution in [0.25, 0.3) is 0 Å². The van der Waals surface area contributed by atoms with Crippen molar-refractivity contribution in [1.82, 2.24) is 10.3 Å². The van der Waals surface area contributed by atoms with Gasteiger partial charge in [-0.3, -0.25) is 4.79 Å². The van der Waals surface area contributed by atoms with Crippen molar-refractivity contribution in [3.05, 3.63) is 16.1 Å². The van der Waals surface area contributed by atoms with Crippen molar-refractivity contribution in [2.75, 3.05) is 0 Å². The first-order valence-corrected chi connectivity index (χ1v) is 5.39. The maximum atomic E-state index is 10.9. The lowest BCUT2D eigenvalue weighted by Gasteiger charge is -2.11. The highest BCUT2D eigenvalue weighted by Crippen LogP contribution is 2.11. The van der Waals surface area contributed by atoms with Gasteiger partial charge in [0.15, 0.2) is 0 Å². The van der Waals surface area contributed by atoms with Gasteiger partial charge in [0.2, 0.25) is 5.91 Å². The summed E-state index contributed by atoms with van der Waals surface area (Å²) in [5, 5.41) is 4.13. The van der Waals surface area contributed by atoms with E-state index in [4.69, 9.17) is 5.73 Å². The first kappa shape index (κ1) is 11.1. The molecule has 3 N–H and O–H groups in total. The van der Waals surface area contributed by atoms with E-state index in [1.165, 1.54) is 0 Å². The van der Waals surface area contributed by atoms with Crippen molar-refractivity contribution in [2.24, 2.45) is 5.73 Å². The third-order valence-corrected chi connectivity index (χ3v) is 2.86. The van der Waals surface area contributed by atoms with Gasteiger partial charge in [-0.25, -0.2) is 4.98 Å². The van der Waals surface area contributed by atoms with Gasteiger partial charge < -0.3 is 11.1 Å². The molecule has 1 aromatic heterocycles. The Bertz CT molecular complexity index is 311. The Balaban J connectivity index is 2.43. The number of hydrogen-bond acceptors (Lipinski definition) is 4. The number of carbonyl (C=O) groups excluding carboxylic acids is 1. The van der Waals surface area contributed by atoms with Gasteiger partial charge in [-0.05, 0) is 13.3 Å². The molecule has 0 bridgehead atoms. The van der Waals surface area contributed by atoms with Crippen molar-refractivity contribution in [3.8, 4) is 0 Å². The van der Waals surface area contributed by atoms with E-state index in [1.54, 1.807) is 11.3 Å². The Labute approximate surface area is 87.5 Å². The molecule has 1 aromatic rings. The highest BCUT2D eigenvalue weighted by Gasteiger charge is 2.11. The third-order valence-electron chi connectivity index (χ3n) is 1.94. The van der Waals surface area contributed by atoms with E-state index < -0.39 is 0 Å². The molecule has 0 aliphatic carbocycles. The van der Waals surface area contributed by atoms with E-state index in [2.05, 4.69) is 10.3 Å². The molecule has 1 heterocycles. The predicted molar refractivity (Wildman–Crippen MR) is 57.0 cm³/mol. The molecule has 78 valence electrons. The molecular weight excluding hydrogens is 198 g/mol. The van der Waals surface area contributed by atoms with Gasteiger partial charge in [0.25, 0.3) is 0 Å². The van der Waals surface area contributed by atoms with Crippen LogP contribution in [0.3, 0.4) is 0 Å². The van der Waals surface area contributed by atoms with Gasteiger partial charge in [-0.2, -0.15) is 0 Å². The minimum atomic E-state index is -0.297. The van der Waals surface area contributed by atoms with E-state index in [0.717, 1.165) is 9.88 Å². The van der Waals surface area contributed by atoms with Gasteiger partial charge in [0.1, 0.15) is 0 Å². The van der Waals surface area contributed by atoms with Gasteiger partial charge >= 0.3 is 0 Å². The van der Waals surface area contributed by atoms with Gasteiger partial charge in [-0.1, -0.05) is 6.92 Å². The number of aromatic nitrogens is 1. The second kappa shape index (κ2) is 5.07. The molecule has 1 rings (SSSR count). The fourth-order valence-corrected chi connectivity index (χ4v) is 1.90. The number of nitrogens with two attached hydrogens (primary N) is 1. The highest BCUT2D eigenvalue weighted by atomic mass is 32.1. The summed E-state index contributed by atoms with van der Waals surface area (Å²) >= 11 is 1.63. The number of primary amides is 1. The Morgan fingerprint density at radius 3 is 2.93 bits per heavy atom. The molecule has 0 saturated carbocycles. The smallest absolute Gasteiger partial charge is 0.234 e. The molecule has 0 radical (unpaired) electrons. The molecule has 1 unspecified atom stereocenters. The van der Waals surface area contributed by atoms with Crippen LogP contribution in [0.15, 0.2) is 6.20 Å².